The third-order valence-electron chi connectivity index (χ3n) is 2.07. The third kappa shape index (κ3) is 2.13. The van der Waals surface area contributed by atoms with E-state index in [1.165, 1.54) is 6.92 Å². The van der Waals surface area contributed by atoms with Gasteiger partial charge in [0.15, 0.2) is 0 Å². The third-order valence-corrected chi connectivity index (χ3v) is 3.35. The van der Waals surface area contributed by atoms with Crippen molar-refractivity contribution in [2.75, 3.05) is 13.2 Å². The van der Waals surface area contributed by atoms with Gasteiger partial charge in [0.05, 0.1) is 11.9 Å². The van der Waals surface area contributed by atoms with Crippen molar-refractivity contribution in [3.63, 3.8) is 0 Å². The van der Waals surface area contributed by atoms with Crippen LogP contribution in [0.2, 0.25) is 0 Å². The van der Waals surface area contributed by atoms with E-state index in [-0.39, 0.29) is 5.92 Å². The fourth-order valence-electron chi connectivity index (χ4n) is 1.15. The number of rotatable bonds is 2. The highest BCUT2D eigenvalue weighted by Crippen LogP contribution is 2.22. The topological polar surface area (TPSA) is 43.4 Å². The van der Waals surface area contributed by atoms with E-state index in [4.69, 9.17) is 4.74 Å². The minimum Gasteiger partial charge on any atom is -0.381 e. The van der Waals surface area contributed by atoms with Crippen molar-refractivity contribution in [1.82, 2.24) is 0 Å². The molecule has 1 rings (SSSR count). The molecule has 0 radical (unpaired) electrons. The Labute approximate surface area is 65.8 Å². The molecule has 1 heterocycles. The summed E-state index contributed by atoms with van der Waals surface area (Å²) in [5.74, 6) is -0.162. The van der Waals surface area contributed by atoms with Gasteiger partial charge in [0.2, 0.25) is 0 Å². The summed E-state index contributed by atoms with van der Waals surface area (Å²) in [6.07, 6.45) is 0.643. The lowest BCUT2D eigenvalue weighted by atomic mass is 10.1. The molecule has 66 valence electrons. The van der Waals surface area contributed by atoms with Crippen LogP contribution >= 0.6 is 0 Å². The molecule has 1 fully saturated rings. The number of halogens is 1. The first kappa shape index (κ1) is 8.93. The van der Waals surface area contributed by atoms with Crippen LogP contribution in [0, 0.1) is 5.92 Å². The Balaban J connectivity index is 2.60. The van der Waals surface area contributed by atoms with E-state index in [9.17, 15) is 12.3 Å². The van der Waals surface area contributed by atoms with E-state index in [1.54, 1.807) is 0 Å². The Bertz CT molecular complexity index is 218. The molecule has 3 nitrogen and oxygen atoms in total. The molecule has 0 spiro atoms. The standard InChI is InChI=1S/C6H11FO3S/c1-5(11(7,8)9)6-2-3-10-4-6/h5-6H,2-4H2,1H3. The SMILES string of the molecule is CC(C1CCOC1)S(=O)(=O)F. The van der Waals surface area contributed by atoms with Gasteiger partial charge in [-0.3, -0.25) is 0 Å². The minimum absolute atomic E-state index is 0.162. The second-order valence-electron chi connectivity index (χ2n) is 2.80. The zero-order chi connectivity index (χ0) is 8.48. The molecule has 0 aromatic rings. The van der Waals surface area contributed by atoms with Crippen LogP contribution in [0.3, 0.4) is 0 Å². The molecule has 0 saturated carbocycles. The monoisotopic (exact) mass is 182 g/mol. The van der Waals surface area contributed by atoms with Crippen molar-refractivity contribution >= 4 is 10.2 Å². The van der Waals surface area contributed by atoms with Gasteiger partial charge < -0.3 is 4.74 Å². The maximum absolute atomic E-state index is 12.4. The van der Waals surface area contributed by atoms with Crippen LogP contribution in [0.1, 0.15) is 13.3 Å². The predicted molar refractivity (Wildman–Crippen MR) is 38.4 cm³/mol. The average molecular weight is 182 g/mol. The molecule has 1 saturated heterocycles. The summed E-state index contributed by atoms with van der Waals surface area (Å²) < 4.78 is 38.1. The van der Waals surface area contributed by atoms with Crippen LogP contribution in [0.5, 0.6) is 0 Å². The summed E-state index contributed by atoms with van der Waals surface area (Å²) in [5, 5.41) is -0.912. The van der Waals surface area contributed by atoms with Crippen LogP contribution < -0.4 is 0 Å². The molecule has 0 amide bonds. The van der Waals surface area contributed by atoms with Crippen LogP contribution in [0.15, 0.2) is 0 Å². The zero-order valence-electron chi connectivity index (χ0n) is 6.29. The Hall–Kier alpha value is -0.160. The summed E-state index contributed by atoms with van der Waals surface area (Å²) in [6, 6.07) is 0. The van der Waals surface area contributed by atoms with Crippen molar-refractivity contribution in [2.24, 2.45) is 5.92 Å². The summed E-state index contributed by atoms with van der Waals surface area (Å²) in [5.41, 5.74) is 0. The summed E-state index contributed by atoms with van der Waals surface area (Å²) >= 11 is 0. The van der Waals surface area contributed by atoms with Gasteiger partial charge in [-0.05, 0) is 13.3 Å². The second-order valence-corrected chi connectivity index (χ2v) is 4.50. The number of hydrogen-bond donors (Lipinski definition) is 0. The lowest BCUT2D eigenvalue weighted by molar-refractivity contribution is 0.185. The molecule has 0 aromatic heterocycles. The molecular formula is C6H11FO3S. The van der Waals surface area contributed by atoms with Crippen molar-refractivity contribution in [1.29, 1.82) is 0 Å². The fourth-order valence-corrected chi connectivity index (χ4v) is 1.83. The first-order chi connectivity index (χ1) is 5.02. The van der Waals surface area contributed by atoms with Gasteiger partial charge in [0, 0.05) is 12.5 Å². The van der Waals surface area contributed by atoms with Gasteiger partial charge >= 0.3 is 10.2 Å². The van der Waals surface area contributed by atoms with Gasteiger partial charge in [0.1, 0.15) is 0 Å². The number of ether oxygens (including phenoxy) is 1. The van der Waals surface area contributed by atoms with Crippen molar-refractivity contribution < 1.29 is 17.0 Å². The largest absolute Gasteiger partial charge is 0.381 e. The molecule has 2 atom stereocenters. The molecular weight excluding hydrogens is 171 g/mol. The first-order valence-corrected chi connectivity index (χ1v) is 4.97. The van der Waals surface area contributed by atoms with Crippen molar-refractivity contribution in [3.8, 4) is 0 Å². The summed E-state index contributed by atoms with van der Waals surface area (Å²) in [7, 11) is -4.37. The fraction of sp³-hybridized carbons (Fsp3) is 1.00. The Morgan fingerprint density at radius 2 is 2.27 bits per heavy atom. The average Bonchev–Trinajstić information content (AvgIpc) is 2.34. The molecule has 1 aliphatic rings. The highest BCUT2D eigenvalue weighted by atomic mass is 32.3. The Kier molecular flexibility index (Phi) is 2.49. The smallest absolute Gasteiger partial charge is 0.305 e. The van der Waals surface area contributed by atoms with E-state index in [2.05, 4.69) is 0 Å². The van der Waals surface area contributed by atoms with Gasteiger partial charge in [-0.25, -0.2) is 0 Å². The Morgan fingerprint density at radius 3 is 2.64 bits per heavy atom. The lowest BCUT2D eigenvalue weighted by Crippen LogP contribution is -2.23. The number of hydrogen-bond acceptors (Lipinski definition) is 3. The maximum atomic E-state index is 12.4. The molecule has 0 aliphatic carbocycles. The molecule has 0 aromatic carbocycles. The van der Waals surface area contributed by atoms with Crippen LogP contribution in [-0.4, -0.2) is 26.9 Å². The van der Waals surface area contributed by atoms with Gasteiger partial charge in [-0.2, -0.15) is 8.42 Å². The molecule has 0 bridgehead atoms. The zero-order valence-corrected chi connectivity index (χ0v) is 7.10. The van der Waals surface area contributed by atoms with Gasteiger partial charge in [0.25, 0.3) is 0 Å². The highest BCUT2D eigenvalue weighted by molar-refractivity contribution is 7.87. The van der Waals surface area contributed by atoms with Crippen LogP contribution in [0.25, 0.3) is 0 Å². The van der Waals surface area contributed by atoms with Crippen molar-refractivity contribution in [3.05, 3.63) is 0 Å². The molecule has 0 N–H and O–H groups in total. The van der Waals surface area contributed by atoms with E-state index in [0.717, 1.165) is 0 Å². The molecule has 11 heavy (non-hydrogen) atoms. The predicted octanol–water partition coefficient (Wildman–Crippen LogP) is 0.711. The van der Waals surface area contributed by atoms with E-state index in [1.807, 2.05) is 0 Å². The minimum atomic E-state index is -4.37. The van der Waals surface area contributed by atoms with Gasteiger partial charge in [-0.1, -0.05) is 0 Å². The normalized spacial score (nSPS) is 28.7. The highest BCUT2D eigenvalue weighted by Gasteiger charge is 2.31. The molecule has 1 aliphatic heterocycles. The summed E-state index contributed by atoms with van der Waals surface area (Å²) in [6.45, 7) is 2.30. The van der Waals surface area contributed by atoms with E-state index < -0.39 is 15.5 Å². The quantitative estimate of drug-likeness (QED) is 0.591. The lowest BCUT2D eigenvalue weighted by Gasteiger charge is -2.11. The Morgan fingerprint density at radius 1 is 1.64 bits per heavy atom. The van der Waals surface area contributed by atoms with Crippen LogP contribution in [-0.2, 0) is 15.0 Å². The molecule has 5 heteroatoms. The van der Waals surface area contributed by atoms with Crippen LogP contribution in [0.4, 0.5) is 3.89 Å². The van der Waals surface area contributed by atoms with E-state index in [0.29, 0.717) is 19.6 Å². The maximum Gasteiger partial charge on any atom is 0.305 e. The second kappa shape index (κ2) is 3.06. The molecule has 2 unspecified atom stereocenters. The van der Waals surface area contributed by atoms with Crippen molar-refractivity contribution in [2.45, 2.75) is 18.6 Å². The summed E-state index contributed by atoms with van der Waals surface area (Å²) in [4.78, 5) is 0. The van der Waals surface area contributed by atoms with E-state index >= 15 is 0 Å². The van der Waals surface area contributed by atoms with Gasteiger partial charge in [-0.15, -0.1) is 3.89 Å². The first-order valence-electron chi connectivity index (χ1n) is 3.53.